The van der Waals surface area contributed by atoms with E-state index in [0.717, 1.165) is 23.5 Å². The van der Waals surface area contributed by atoms with E-state index in [2.05, 4.69) is 9.97 Å². The van der Waals surface area contributed by atoms with Crippen molar-refractivity contribution in [1.82, 2.24) is 9.97 Å². The molecular weight excluding hydrogens is 339 g/mol. The van der Waals surface area contributed by atoms with Gasteiger partial charge in [0.1, 0.15) is 0 Å². The van der Waals surface area contributed by atoms with Crippen molar-refractivity contribution in [3.8, 4) is 5.88 Å². The number of carbonyl (C=O) groups excluding carboxylic acids is 1. The minimum absolute atomic E-state index is 0.0263. The summed E-state index contributed by atoms with van der Waals surface area (Å²) in [6.45, 7) is 1.71. The summed E-state index contributed by atoms with van der Waals surface area (Å²) in [5, 5.41) is 10.9. The van der Waals surface area contributed by atoms with Gasteiger partial charge in [0.05, 0.1) is 0 Å². The highest BCUT2D eigenvalue weighted by Gasteiger charge is 2.43. The van der Waals surface area contributed by atoms with Crippen LogP contribution in [-0.4, -0.2) is 34.2 Å². The number of carbonyl (C=O) groups is 1. The number of halogens is 3. The summed E-state index contributed by atoms with van der Waals surface area (Å²) in [6, 6.07) is 6.81. The minimum Gasteiger partial charge on any atom is -0.491 e. The van der Waals surface area contributed by atoms with Crippen LogP contribution in [-0.2, 0) is 4.79 Å². The van der Waals surface area contributed by atoms with Gasteiger partial charge in [-0.1, -0.05) is 25.1 Å². The fourth-order valence-electron chi connectivity index (χ4n) is 2.61. The number of nitrogens with zero attached hydrogens (tertiary/aromatic N) is 2. The van der Waals surface area contributed by atoms with Crippen molar-refractivity contribution in [2.45, 2.75) is 19.0 Å². The number of rotatable bonds is 3. The maximum atomic E-state index is 12.5. The predicted octanol–water partition coefficient (Wildman–Crippen LogP) is 3.54. The van der Waals surface area contributed by atoms with E-state index < -0.39 is 29.9 Å². The van der Waals surface area contributed by atoms with Crippen LogP contribution in [0.5, 0.6) is 5.88 Å². The summed E-state index contributed by atoms with van der Waals surface area (Å²) in [7, 11) is 0.876. The van der Waals surface area contributed by atoms with Crippen LogP contribution in [0.2, 0.25) is 0 Å². The Balaban J connectivity index is 1.96. The van der Waals surface area contributed by atoms with E-state index in [9.17, 15) is 23.1 Å². The Hall–Kier alpha value is -2.97. The summed E-state index contributed by atoms with van der Waals surface area (Å²) in [5.41, 5.74) is 1.64. The van der Waals surface area contributed by atoms with Crippen molar-refractivity contribution in [3.05, 3.63) is 41.8 Å². The number of aromatic nitrogens is 2. The second-order valence-electron chi connectivity index (χ2n) is 5.56. The molecule has 0 saturated heterocycles. The number of oxazole rings is 1. The molecule has 0 bridgehead atoms. The summed E-state index contributed by atoms with van der Waals surface area (Å²) in [6.07, 6.45) is -3.34. The zero-order chi connectivity index (χ0) is 18.4. The van der Waals surface area contributed by atoms with Gasteiger partial charge in [-0.25, -0.2) is 0 Å². The predicted molar refractivity (Wildman–Crippen MR) is 83.4 cm³/mol. The zero-order valence-corrected chi connectivity index (χ0v) is 13.3. The maximum Gasteiger partial charge on any atom is 0.471 e. The molecule has 0 unspecified atom stereocenters. The molecule has 0 aliphatic carbocycles. The number of aromatic amines is 1. The van der Waals surface area contributed by atoms with Crippen LogP contribution in [0.25, 0.3) is 10.9 Å². The standard InChI is InChI=1S/C16H14F3N3O3/c1-8(10-7-20-11-6-4-3-5-9(10)11)12-13(23)21-15(25-12)22(2)14(24)16(17,18)19/h3-8,20,23H,1-2H3/t8-/m1/s1. The molecule has 0 saturated carbocycles. The van der Waals surface area contributed by atoms with Gasteiger partial charge in [-0.05, 0) is 11.6 Å². The molecule has 3 rings (SSSR count). The quantitative estimate of drug-likeness (QED) is 0.755. The number of anilines is 1. The minimum atomic E-state index is -5.07. The van der Waals surface area contributed by atoms with Gasteiger partial charge >= 0.3 is 18.1 Å². The molecule has 2 aromatic heterocycles. The first-order chi connectivity index (χ1) is 11.7. The van der Waals surface area contributed by atoms with Gasteiger partial charge in [-0.2, -0.15) is 18.2 Å². The molecule has 9 heteroatoms. The van der Waals surface area contributed by atoms with E-state index in [-0.39, 0.29) is 10.7 Å². The molecule has 0 aliphatic heterocycles. The second-order valence-corrected chi connectivity index (χ2v) is 5.56. The van der Waals surface area contributed by atoms with Crippen molar-refractivity contribution < 1.29 is 27.5 Å². The Labute approximate surface area is 139 Å². The number of aromatic hydroxyl groups is 1. The second kappa shape index (κ2) is 5.83. The normalized spacial score (nSPS) is 13.2. The largest absolute Gasteiger partial charge is 0.491 e. The molecule has 0 fully saturated rings. The number of nitrogens with one attached hydrogen (secondary N) is 1. The molecular formula is C16H14F3N3O3. The third-order valence-corrected chi connectivity index (χ3v) is 3.94. The molecule has 1 aromatic carbocycles. The highest BCUT2D eigenvalue weighted by molar-refractivity contribution is 5.95. The first-order valence-electron chi connectivity index (χ1n) is 7.30. The lowest BCUT2D eigenvalue weighted by Crippen LogP contribution is -2.38. The lowest BCUT2D eigenvalue weighted by molar-refractivity contribution is -0.170. The number of fused-ring (bicyclic) bond motifs is 1. The van der Waals surface area contributed by atoms with E-state index in [1.54, 1.807) is 13.1 Å². The van der Waals surface area contributed by atoms with Crippen molar-refractivity contribution in [2.75, 3.05) is 11.9 Å². The van der Waals surface area contributed by atoms with Gasteiger partial charge in [-0.3, -0.25) is 9.69 Å². The van der Waals surface area contributed by atoms with Crippen molar-refractivity contribution in [2.24, 2.45) is 0 Å². The van der Waals surface area contributed by atoms with Crippen LogP contribution < -0.4 is 4.90 Å². The number of hydrogen-bond donors (Lipinski definition) is 2. The molecule has 2 heterocycles. The topological polar surface area (TPSA) is 82.4 Å². The lowest BCUT2D eigenvalue weighted by Gasteiger charge is -2.14. The first kappa shape index (κ1) is 16.9. The van der Waals surface area contributed by atoms with Crippen LogP contribution in [0.15, 0.2) is 34.9 Å². The highest BCUT2D eigenvalue weighted by atomic mass is 19.4. The Morgan fingerprint density at radius 3 is 2.72 bits per heavy atom. The average Bonchev–Trinajstić information content (AvgIpc) is 3.15. The summed E-state index contributed by atoms with van der Waals surface area (Å²) in [4.78, 5) is 18.1. The molecule has 3 aromatic rings. The van der Waals surface area contributed by atoms with Gasteiger partial charge in [0.15, 0.2) is 5.76 Å². The third kappa shape index (κ3) is 2.92. The van der Waals surface area contributed by atoms with Gasteiger partial charge < -0.3 is 14.5 Å². The van der Waals surface area contributed by atoms with Gasteiger partial charge in [0, 0.05) is 30.1 Å². The summed E-state index contributed by atoms with van der Waals surface area (Å²) < 4.78 is 42.8. The zero-order valence-electron chi connectivity index (χ0n) is 13.3. The van der Waals surface area contributed by atoms with Crippen LogP contribution >= 0.6 is 0 Å². The van der Waals surface area contributed by atoms with Gasteiger partial charge in [0.25, 0.3) is 5.88 Å². The Bertz CT molecular complexity index is 929. The van der Waals surface area contributed by atoms with Crippen LogP contribution in [0, 0.1) is 0 Å². The van der Waals surface area contributed by atoms with E-state index in [4.69, 9.17) is 4.42 Å². The molecule has 1 atom stereocenters. The fraction of sp³-hybridized carbons (Fsp3) is 0.250. The number of hydrogen-bond acceptors (Lipinski definition) is 4. The molecule has 0 spiro atoms. The van der Waals surface area contributed by atoms with Gasteiger partial charge in [0.2, 0.25) is 0 Å². The first-order valence-corrected chi connectivity index (χ1v) is 7.30. The Morgan fingerprint density at radius 1 is 1.36 bits per heavy atom. The highest BCUT2D eigenvalue weighted by Crippen LogP contribution is 2.37. The van der Waals surface area contributed by atoms with E-state index >= 15 is 0 Å². The number of H-pyrrole nitrogens is 1. The summed E-state index contributed by atoms with van der Waals surface area (Å²) >= 11 is 0. The molecule has 0 aliphatic rings. The van der Waals surface area contributed by atoms with E-state index in [1.165, 1.54) is 0 Å². The number of benzene rings is 1. The molecule has 2 N–H and O–H groups in total. The molecule has 132 valence electrons. The molecule has 1 amide bonds. The lowest BCUT2D eigenvalue weighted by atomic mass is 9.98. The van der Waals surface area contributed by atoms with E-state index in [1.807, 2.05) is 24.3 Å². The number of amides is 1. The SMILES string of the molecule is C[C@@H](c1oc(N(C)C(=O)C(F)(F)F)nc1O)c1c[nH]c2ccccc12. The monoisotopic (exact) mass is 353 g/mol. The van der Waals surface area contributed by atoms with Crippen LogP contribution in [0.1, 0.15) is 24.2 Å². The molecule has 25 heavy (non-hydrogen) atoms. The number of alkyl halides is 3. The Morgan fingerprint density at radius 2 is 2.04 bits per heavy atom. The van der Waals surface area contributed by atoms with Gasteiger partial charge in [-0.15, -0.1) is 0 Å². The molecule has 6 nitrogen and oxygen atoms in total. The maximum absolute atomic E-state index is 12.5. The van der Waals surface area contributed by atoms with Crippen molar-refractivity contribution >= 4 is 22.8 Å². The van der Waals surface area contributed by atoms with Crippen LogP contribution in [0.4, 0.5) is 19.2 Å². The molecule has 0 radical (unpaired) electrons. The average molecular weight is 353 g/mol. The van der Waals surface area contributed by atoms with Crippen molar-refractivity contribution in [1.29, 1.82) is 0 Å². The smallest absolute Gasteiger partial charge is 0.471 e. The summed E-state index contributed by atoms with van der Waals surface area (Å²) in [5.74, 6) is -3.22. The fourth-order valence-corrected chi connectivity index (χ4v) is 2.61. The van der Waals surface area contributed by atoms with Crippen molar-refractivity contribution in [3.63, 3.8) is 0 Å². The van der Waals surface area contributed by atoms with Crippen LogP contribution in [0.3, 0.4) is 0 Å². The third-order valence-electron chi connectivity index (χ3n) is 3.94. The Kier molecular flexibility index (Phi) is 3.94. The number of para-hydroxylation sites is 1. The van der Waals surface area contributed by atoms with E-state index in [0.29, 0.717) is 0 Å².